The highest BCUT2D eigenvalue weighted by molar-refractivity contribution is 6.04. The minimum Gasteiger partial charge on any atom is -0.374 e. The molecule has 0 aliphatic carbocycles. The monoisotopic (exact) mass is 417 g/mol. The van der Waals surface area contributed by atoms with Gasteiger partial charge in [0.25, 0.3) is 17.5 Å². The van der Waals surface area contributed by atoms with Crippen molar-refractivity contribution in [3.8, 4) is 0 Å². The predicted octanol–water partition coefficient (Wildman–Crippen LogP) is 1.67. The van der Waals surface area contributed by atoms with Crippen LogP contribution in [0, 0.1) is 10.1 Å². The molecule has 2 amide bonds. The number of hydrogen-bond donors (Lipinski definition) is 3. The summed E-state index contributed by atoms with van der Waals surface area (Å²) in [5.74, 6) is 0.0610. The van der Waals surface area contributed by atoms with E-state index < -0.39 is 10.8 Å². The zero-order valence-corrected chi connectivity index (χ0v) is 17.6. The zero-order valence-electron chi connectivity index (χ0n) is 17.6. The van der Waals surface area contributed by atoms with Crippen LogP contribution in [0.15, 0.2) is 29.5 Å². The Bertz CT molecular complexity index is 958. The Labute approximate surface area is 174 Å². The first-order valence-corrected chi connectivity index (χ1v) is 9.60. The molecule has 11 heteroatoms. The van der Waals surface area contributed by atoms with Crippen molar-refractivity contribution in [2.75, 3.05) is 25.0 Å². The van der Waals surface area contributed by atoms with E-state index in [9.17, 15) is 19.7 Å². The molecule has 2 rings (SSSR count). The molecular formula is C19H27N7O4. The molecule has 0 spiro atoms. The van der Waals surface area contributed by atoms with Crippen LogP contribution in [0.5, 0.6) is 0 Å². The summed E-state index contributed by atoms with van der Waals surface area (Å²) < 4.78 is 2.98. The van der Waals surface area contributed by atoms with Crippen molar-refractivity contribution < 1.29 is 14.5 Å². The Morgan fingerprint density at radius 3 is 2.33 bits per heavy atom. The van der Waals surface area contributed by atoms with Crippen molar-refractivity contribution in [3.63, 3.8) is 0 Å². The number of rotatable bonds is 9. The largest absolute Gasteiger partial charge is 0.374 e. The lowest BCUT2D eigenvalue weighted by atomic mass is 10.3. The summed E-state index contributed by atoms with van der Waals surface area (Å²) in [4.78, 5) is 39.6. The van der Waals surface area contributed by atoms with Gasteiger partial charge in [0.15, 0.2) is 0 Å². The van der Waals surface area contributed by atoms with Crippen molar-refractivity contribution in [3.05, 3.63) is 46.0 Å². The fraction of sp³-hybridized carbons (Fsp3) is 0.421. The standard InChI is InChI=1S/C19H27N7O4/c1-5-20-17(21-6-2)7-8-22-18(27)15-9-13(11-24(15)3)23-19(28)16-10-14(26(29)30)12-25(16)4/h9-12H,5-8H2,1-4H3,(H,20,21)(H,22,27)(H,23,28). The molecule has 0 aromatic carbocycles. The summed E-state index contributed by atoms with van der Waals surface area (Å²) in [6, 6.07) is 2.75. The van der Waals surface area contributed by atoms with Gasteiger partial charge in [-0.15, -0.1) is 0 Å². The number of carbonyl (C=O) groups is 2. The maximum Gasteiger partial charge on any atom is 0.287 e. The average Bonchev–Trinajstić information content (AvgIpc) is 3.24. The highest BCUT2D eigenvalue weighted by Gasteiger charge is 2.19. The van der Waals surface area contributed by atoms with Crippen molar-refractivity contribution >= 4 is 29.0 Å². The SMILES string of the molecule is CCN=C(CCNC(=O)c1cc(NC(=O)c2cc([N+](=O)[O-])cn2C)cn1C)NCC. The molecule has 0 saturated carbocycles. The number of hydrogen-bond acceptors (Lipinski definition) is 5. The van der Waals surface area contributed by atoms with E-state index in [2.05, 4.69) is 20.9 Å². The summed E-state index contributed by atoms with van der Waals surface area (Å²) in [6.07, 6.45) is 3.46. The van der Waals surface area contributed by atoms with E-state index in [4.69, 9.17) is 0 Å². The molecule has 0 atom stereocenters. The van der Waals surface area contributed by atoms with Gasteiger partial charge in [-0.2, -0.15) is 0 Å². The summed E-state index contributed by atoms with van der Waals surface area (Å²) in [7, 11) is 3.25. The summed E-state index contributed by atoms with van der Waals surface area (Å²) in [5, 5.41) is 19.5. The molecule has 0 radical (unpaired) electrons. The third kappa shape index (κ3) is 5.69. The van der Waals surface area contributed by atoms with E-state index in [0.29, 0.717) is 30.9 Å². The van der Waals surface area contributed by atoms with Gasteiger partial charge >= 0.3 is 0 Å². The number of amides is 2. The first kappa shape index (κ1) is 22.7. The second-order valence-electron chi connectivity index (χ2n) is 6.59. The number of nitrogens with one attached hydrogen (secondary N) is 3. The molecule has 0 unspecified atom stereocenters. The Balaban J connectivity index is 2.01. The lowest BCUT2D eigenvalue weighted by Crippen LogP contribution is -2.31. The topological polar surface area (TPSA) is 136 Å². The third-order valence-electron chi connectivity index (χ3n) is 4.31. The third-order valence-corrected chi connectivity index (χ3v) is 4.31. The van der Waals surface area contributed by atoms with Gasteiger partial charge in [0.05, 0.1) is 22.6 Å². The van der Waals surface area contributed by atoms with Crippen LogP contribution in [0.2, 0.25) is 0 Å². The maximum atomic E-state index is 12.5. The maximum absolute atomic E-state index is 12.5. The highest BCUT2D eigenvalue weighted by Crippen LogP contribution is 2.18. The van der Waals surface area contributed by atoms with Crippen LogP contribution in [-0.4, -0.2) is 51.3 Å². The molecule has 2 heterocycles. The lowest BCUT2D eigenvalue weighted by Gasteiger charge is -2.09. The van der Waals surface area contributed by atoms with Crippen molar-refractivity contribution in [1.82, 2.24) is 19.8 Å². The number of anilines is 1. The van der Waals surface area contributed by atoms with Crippen LogP contribution in [0.25, 0.3) is 0 Å². The minimum atomic E-state index is -0.561. The molecule has 162 valence electrons. The normalized spacial score (nSPS) is 11.3. The fourth-order valence-electron chi connectivity index (χ4n) is 2.93. The number of aryl methyl sites for hydroxylation is 2. The summed E-state index contributed by atoms with van der Waals surface area (Å²) >= 11 is 0. The van der Waals surface area contributed by atoms with Crippen molar-refractivity contribution in [1.29, 1.82) is 0 Å². The number of aliphatic imine (C=N–C) groups is 1. The number of aromatic nitrogens is 2. The van der Waals surface area contributed by atoms with Crippen molar-refractivity contribution in [2.45, 2.75) is 20.3 Å². The van der Waals surface area contributed by atoms with Gasteiger partial charge in [-0.05, 0) is 19.9 Å². The smallest absolute Gasteiger partial charge is 0.287 e. The highest BCUT2D eigenvalue weighted by atomic mass is 16.6. The van der Waals surface area contributed by atoms with Crippen LogP contribution in [-0.2, 0) is 14.1 Å². The number of amidine groups is 1. The molecule has 0 bridgehead atoms. The molecule has 3 N–H and O–H groups in total. The van der Waals surface area contributed by atoms with Gasteiger partial charge in [-0.1, -0.05) is 0 Å². The molecule has 2 aromatic heterocycles. The van der Waals surface area contributed by atoms with Gasteiger partial charge in [0, 0.05) is 52.4 Å². The van der Waals surface area contributed by atoms with E-state index in [1.807, 2.05) is 13.8 Å². The van der Waals surface area contributed by atoms with Crippen LogP contribution in [0.1, 0.15) is 41.2 Å². The van der Waals surface area contributed by atoms with Crippen LogP contribution < -0.4 is 16.0 Å². The average molecular weight is 417 g/mol. The second-order valence-corrected chi connectivity index (χ2v) is 6.59. The summed E-state index contributed by atoms with van der Waals surface area (Å²) in [6.45, 7) is 5.78. The number of carbonyl (C=O) groups excluding carboxylic acids is 2. The molecular weight excluding hydrogens is 390 g/mol. The fourth-order valence-corrected chi connectivity index (χ4v) is 2.93. The van der Waals surface area contributed by atoms with Crippen molar-refractivity contribution in [2.24, 2.45) is 19.1 Å². The number of nitrogens with zero attached hydrogens (tertiary/aromatic N) is 4. The zero-order chi connectivity index (χ0) is 22.3. The van der Waals surface area contributed by atoms with Gasteiger partial charge < -0.3 is 25.1 Å². The van der Waals surface area contributed by atoms with E-state index >= 15 is 0 Å². The Kier molecular flexibility index (Phi) is 7.73. The van der Waals surface area contributed by atoms with Gasteiger partial charge in [-0.3, -0.25) is 24.7 Å². The first-order valence-electron chi connectivity index (χ1n) is 9.60. The first-order chi connectivity index (χ1) is 14.3. The minimum absolute atomic E-state index is 0.141. The van der Waals surface area contributed by atoms with Gasteiger partial charge in [-0.25, -0.2) is 0 Å². The predicted molar refractivity (Wildman–Crippen MR) is 114 cm³/mol. The Hall–Kier alpha value is -3.63. The second kappa shape index (κ2) is 10.2. The van der Waals surface area contributed by atoms with Crippen LogP contribution >= 0.6 is 0 Å². The van der Waals surface area contributed by atoms with Crippen LogP contribution in [0.4, 0.5) is 11.4 Å². The van der Waals surface area contributed by atoms with E-state index in [1.165, 1.54) is 16.8 Å². The van der Waals surface area contributed by atoms with E-state index in [-0.39, 0.29) is 17.3 Å². The molecule has 0 fully saturated rings. The summed E-state index contributed by atoms with van der Waals surface area (Å²) in [5.41, 5.74) is 0.764. The quantitative estimate of drug-likeness (QED) is 0.247. The molecule has 11 nitrogen and oxygen atoms in total. The molecule has 30 heavy (non-hydrogen) atoms. The molecule has 2 aromatic rings. The van der Waals surface area contributed by atoms with E-state index in [0.717, 1.165) is 12.4 Å². The van der Waals surface area contributed by atoms with Gasteiger partial charge in [0.2, 0.25) is 0 Å². The number of nitro groups is 1. The molecule has 0 aliphatic rings. The van der Waals surface area contributed by atoms with Gasteiger partial charge in [0.1, 0.15) is 11.4 Å². The van der Waals surface area contributed by atoms with Crippen LogP contribution in [0.3, 0.4) is 0 Å². The molecule has 0 saturated heterocycles. The van der Waals surface area contributed by atoms with E-state index in [1.54, 1.807) is 30.9 Å². The lowest BCUT2D eigenvalue weighted by molar-refractivity contribution is -0.384. The molecule has 0 aliphatic heterocycles. The Morgan fingerprint density at radius 1 is 1.07 bits per heavy atom. The Morgan fingerprint density at radius 2 is 1.73 bits per heavy atom.